The van der Waals surface area contributed by atoms with E-state index in [1.165, 1.54) is 34.2 Å². The molecule has 2 atom stereocenters. The van der Waals surface area contributed by atoms with E-state index in [4.69, 9.17) is 23.4 Å². The zero-order valence-electron chi connectivity index (χ0n) is 18.1. The van der Waals surface area contributed by atoms with Gasteiger partial charge in [0, 0.05) is 34.7 Å². The predicted octanol–water partition coefficient (Wildman–Crippen LogP) is 4.83. The number of carbonyl (C=O) groups is 1. The van der Waals surface area contributed by atoms with Crippen molar-refractivity contribution in [3.8, 4) is 0 Å². The van der Waals surface area contributed by atoms with Gasteiger partial charge in [0.15, 0.2) is 9.84 Å². The van der Waals surface area contributed by atoms with E-state index in [1.54, 1.807) is 0 Å². The van der Waals surface area contributed by atoms with Gasteiger partial charge < -0.3 is 0 Å². The van der Waals surface area contributed by atoms with Crippen LogP contribution in [0.15, 0.2) is 53.4 Å². The van der Waals surface area contributed by atoms with Crippen LogP contribution in [0.4, 0.5) is 0 Å². The molecule has 8 heteroatoms. The Morgan fingerprint density at radius 1 is 1.00 bits per heavy atom. The molecule has 1 heterocycles. The minimum atomic E-state index is -3.30. The quantitative estimate of drug-likeness (QED) is 0.539. The second-order valence-electron chi connectivity index (χ2n) is 8.93. The van der Waals surface area contributed by atoms with Crippen LogP contribution in [-0.2, 0) is 16.3 Å². The van der Waals surface area contributed by atoms with Gasteiger partial charge in [-0.15, -0.1) is 0 Å². The van der Waals surface area contributed by atoms with Gasteiger partial charge in [-0.25, -0.2) is 12.8 Å². The highest BCUT2D eigenvalue weighted by molar-refractivity contribution is 7.90. The fourth-order valence-electron chi connectivity index (χ4n) is 4.72. The Labute approximate surface area is 200 Å². The minimum absolute atomic E-state index is 0.0217. The molecule has 0 N–H and O–H groups in total. The number of hydrogen-bond donors (Lipinski definition) is 0. The third-order valence-corrected chi connectivity index (χ3v) is 8.56. The van der Waals surface area contributed by atoms with E-state index in [2.05, 4.69) is 17.0 Å². The van der Waals surface area contributed by atoms with Crippen molar-refractivity contribution in [1.29, 1.82) is 0 Å². The van der Waals surface area contributed by atoms with Crippen LogP contribution < -0.4 is 0 Å². The molecule has 1 saturated heterocycles. The lowest BCUT2D eigenvalue weighted by atomic mass is 9.82. The summed E-state index contributed by atoms with van der Waals surface area (Å²) in [5.41, 5.74) is 1.73. The molecule has 2 aromatic carbocycles. The van der Waals surface area contributed by atoms with Gasteiger partial charge in [0.25, 0.3) is 5.91 Å². The number of piperidine rings is 1. The van der Waals surface area contributed by atoms with Gasteiger partial charge >= 0.3 is 0 Å². The summed E-state index contributed by atoms with van der Waals surface area (Å²) in [4.78, 5) is 15.5. The molecule has 0 unspecified atom stereocenters. The van der Waals surface area contributed by atoms with E-state index in [0.717, 1.165) is 56.5 Å². The molecule has 1 amide bonds. The highest BCUT2D eigenvalue weighted by atomic mass is 35.5. The summed E-state index contributed by atoms with van der Waals surface area (Å²) in [6, 6.07) is 14.3. The number of benzene rings is 2. The molecule has 0 bridgehead atoms. The molecule has 4 rings (SSSR count). The molecule has 32 heavy (non-hydrogen) atoms. The van der Waals surface area contributed by atoms with E-state index >= 15 is 0 Å². The van der Waals surface area contributed by atoms with Gasteiger partial charge in [0.1, 0.15) is 0 Å². The van der Waals surface area contributed by atoms with Crippen molar-refractivity contribution in [3.63, 3.8) is 0 Å². The molecule has 5 nitrogen and oxygen atoms in total. The number of carbonyl (C=O) groups excluding carboxylic acids is 1. The average molecular weight is 495 g/mol. The topological polar surface area (TPSA) is 57.7 Å². The number of nitrogens with zero attached hydrogens (tertiary/aromatic N) is 2. The monoisotopic (exact) mass is 494 g/mol. The number of sulfone groups is 1. The van der Waals surface area contributed by atoms with E-state index in [-0.39, 0.29) is 22.9 Å². The Bertz CT molecular complexity index is 1050. The second-order valence-corrected chi connectivity index (χ2v) is 11.8. The van der Waals surface area contributed by atoms with Crippen molar-refractivity contribution < 1.29 is 13.2 Å². The molecule has 2 fully saturated rings. The average Bonchev–Trinajstić information content (AvgIpc) is 2.75. The molecule has 0 spiro atoms. The molecule has 1 saturated carbocycles. The number of halogens is 2. The third-order valence-electron chi connectivity index (χ3n) is 6.77. The molecule has 172 valence electrons. The first kappa shape index (κ1) is 23.6. The maximum Gasteiger partial charge on any atom is 0.268 e. The van der Waals surface area contributed by atoms with Crippen LogP contribution >= 0.6 is 23.4 Å². The Morgan fingerprint density at radius 3 is 2.16 bits per heavy atom. The maximum absolute atomic E-state index is 12.9. The molecule has 0 radical (unpaired) electrons. The number of hydrogen-bond acceptors (Lipinski definition) is 4. The zero-order valence-corrected chi connectivity index (χ0v) is 20.4. The largest absolute Gasteiger partial charge is 0.298 e. The SMILES string of the molecule is CS(=O)(=O)c1ccc(C(=O)N(Cl)[C@@H]2CC[C@H]2N2CCC(Cc3ccc(Cl)cc3)CC2)cc1. The maximum atomic E-state index is 12.9. The lowest BCUT2D eigenvalue weighted by molar-refractivity contribution is 0.0234. The molecular weight excluding hydrogens is 467 g/mol. The van der Waals surface area contributed by atoms with Crippen LogP contribution in [0, 0.1) is 5.92 Å². The smallest absolute Gasteiger partial charge is 0.268 e. The third kappa shape index (κ3) is 5.30. The first-order valence-electron chi connectivity index (χ1n) is 11.0. The van der Waals surface area contributed by atoms with Crippen LogP contribution in [-0.4, -0.2) is 55.1 Å². The fraction of sp³-hybridized carbons (Fsp3) is 0.458. The summed E-state index contributed by atoms with van der Waals surface area (Å²) in [7, 11) is -3.30. The van der Waals surface area contributed by atoms with Crippen LogP contribution in [0.2, 0.25) is 5.02 Å². The first-order chi connectivity index (χ1) is 15.2. The Morgan fingerprint density at radius 2 is 1.62 bits per heavy atom. The standard InChI is InChI=1S/C24H28Cl2N2O3S/c1-32(30,31)21-8-4-19(5-9-21)24(29)28(26)23-11-10-22(23)27-14-12-18(13-15-27)16-17-2-6-20(25)7-3-17/h2-9,18,22-23H,10-16H2,1H3/t22-,23-/m1/s1. The van der Waals surface area contributed by atoms with Crippen LogP contribution in [0.25, 0.3) is 0 Å². The number of amides is 1. The highest BCUT2D eigenvalue weighted by Gasteiger charge is 2.42. The van der Waals surface area contributed by atoms with Crippen molar-refractivity contribution in [2.45, 2.75) is 49.1 Å². The van der Waals surface area contributed by atoms with E-state index in [9.17, 15) is 13.2 Å². The summed E-state index contributed by atoms with van der Waals surface area (Å²) < 4.78 is 24.6. The van der Waals surface area contributed by atoms with Gasteiger partial charge in [0.05, 0.1) is 10.9 Å². The van der Waals surface area contributed by atoms with Crippen molar-refractivity contribution in [3.05, 3.63) is 64.7 Å². The zero-order chi connectivity index (χ0) is 22.9. The van der Waals surface area contributed by atoms with E-state index in [1.807, 2.05) is 12.1 Å². The molecular formula is C24H28Cl2N2O3S. The van der Waals surface area contributed by atoms with Crippen LogP contribution in [0.1, 0.15) is 41.6 Å². The lowest BCUT2D eigenvalue weighted by Gasteiger charge is -2.49. The Hall–Kier alpha value is -1.60. The van der Waals surface area contributed by atoms with Crippen molar-refractivity contribution in [1.82, 2.24) is 9.32 Å². The molecule has 1 aliphatic carbocycles. The lowest BCUT2D eigenvalue weighted by Crippen LogP contribution is -2.58. The molecule has 1 aliphatic heterocycles. The fourth-order valence-corrected chi connectivity index (χ4v) is 5.80. The normalized spacial score (nSPS) is 22.3. The molecule has 0 aromatic heterocycles. The van der Waals surface area contributed by atoms with Gasteiger partial charge in [-0.2, -0.15) is 0 Å². The Kier molecular flexibility index (Phi) is 7.15. The van der Waals surface area contributed by atoms with Crippen molar-refractivity contribution in [2.24, 2.45) is 5.92 Å². The Balaban J connectivity index is 1.31. The summed E-state index contributed by atoms with van der Waals surface area (Å²) in [5.74, 6) is 0.382. The van der Waals surface area contributed by atoms with Crippen LogP contribution in [0.5, 0.6) is 0 Å². The summed E-state index contributed by atoms with van der Waals surface area (Å²) in [6.45, 7) is 2.03. The van der Waals surface area contributed by atoms with Crippen LogP contribution in [0.3, 0.4) is 0 Å². The minimum Gasteiger partial charge on any atom is -0.298 e. The number of likely N-dealkylation sites (tertiary alicyclic amines) is 1. The number of rotatable bonds is 6. The van der Waals surface area contributed by atoms with Crippen molar-refractivity contribution in [2.75, 3.05) is 19.3 Å². The van der Waals surface area contributed by atoms with Gasteiger partial charge in [0.2, 0.25) is 0 Å². The van der Waals surface area contributed by atoms with Gasteiger partial charge in [-0.3, -0.25) is 9.69 Å². The van der Waals surface area contributed by atoms with Crippen molar-refractivity contribution >= 4 is 39.1 Å². The highest BCUT2D eigenvalue weighted by Crippen LogP contribution is 2.35. The van der Waals surface area contributed by atoms with E-state index < -0.39 is 9.84 Å². The molecule has 2 aromatic rings. The van der Waals surface area contributed by atoms with Gasteiger partial charge in [-0.05, 0) is 93.1 Å². The predicted molar refractivity (Wildman–Crippen MR) is 128 cm³/mol. The summed E-state index contributed by atoms with van der Waals surface area (Å²) in [5, 5.41) is 0.770. The first-order valence-corrected chi connectivity index (χ1v) is 13.6. The molecule has 2 aliphatic rings. The summed E-state index contributed by atoms with van der Waals surface area (Å²) >= 11 is 12.5. The second kappa shape index (κ2) is 9.72. The van der Waals surface area contributed by atoms with Gasteiger partial charge in [-0.1, -0.05) is 23.7 Å². The van der Waals surface area contributed by atoms with E-state index in [0.29, 0.717) is 11.5 Å². The summed E-state index contributed by atoms with van der Waals surface area (Å²) in [6.07, 6.45) is 6.41.